The molecule has 0 N–H and O–H groups in total. The van der Waals surface area contributed by atoms with Gasteiger partial charge in [0.2, 0.25) is 0 Å². The molecule has 0 radical (unpaired) electrons. The molecule has 8 heteroatoms. The smallest absolute Gasteiger partial charge is 0.338 e. The quantitative estimate of drug-likeness (QED) is 0.271. The zero-order chi connectivity index (χ0) is 21.5. The number of nitro groups is 1. The number of nitro benzene ring substituents is 1. The Morgan fingerprint density at radius 1 is 1.23 bits per heavy atom. The zero-order valence-electron chi connectivity index (χ0n) is 16.9. The van der Waals surface area contributed by atoms with E-state index in [1.54, 1.807) is 12.1 Å². The molecule has 1 atom stereocenters. The molecule has 1 saturated heterocycles. The van der Waals surface area contributed by atoms with E-state index in [1.807, 2.05) is 4.90 Å². The molecule has 30 heavy (non-hydrogen) atoms. The number of hydrogen-bond acceptors (Lipinski definition) is 6. The number of nitrogens with zero attached hydrogens (tertiary/aromatic N) is 2. The Bertz CT molecular complexity index is 888. The molecule has 3 rings (SSSR count). The third-order valence-corrected chi connectivity index (χ3v) is 5.01. The number of anilines is 1. The Balaban J connectivity index is 1.54. The van der Waals surface area contributed by atoms with Crippen molar-refractivity contribution in [1.29, 1.82) is 0 Å². The van der Waals surface area contributed by atoms with E-state index in [2.05, 4.69) is 6.92 Å². The predicted molar refractivity (Wildman–Crippen MR) is 111 cm³/mol. The van der Waals surface area contributed by atoms with Gasteiger partial charge < -0.3 is 14.4 Å². The van der Waals surface area contributed by atoms with Crippen molar-refractivity contribution >= 4 is 17.3 Å². The van der Waals surface area contributed by atoms with Gasteiger partial charge in [0.15, 0.2) is 0 Å². The topological polar surface area (TPSA) is 81.9 Å². The third kappa shape index (κ3) is 5.68. The molecule has 1 aliphatic heterocycles. The third-order valence-electron chi connectivity index (χ3n) is 5.01. The molecule has 2 aromatic rings. The number of benzene rings is 2. The minimum atomic E-state index is -0.613. The summed E-state index contributed by atoms with van der Waals surface area (Å²) in [5, 5.41) is 11.6. The van der Waals surface area contributed by atoms with Crippen molar-refractivity contribution in [3.63, 3.8) is 0 Å². The molecule has 0 unspecified atom stereocenters. The minimum absolute atomic E-state index is 0.0850. The van der Waals surface area contributed by atoms with Gasteiger partial charge in [-0.05, 0) is 55.2 Å². The Labute approximate surface area is 174 Å². The van der Waals surface area contributed by atoms with Crippen LogP contribution in [0, 0.1) is 21.8 Å². The highest BCUT2D eigenvalue weighted by Gasteiger charge is 2.25. The normalized spacial score (nSPS) is 16.2. The number of hydrogen-bond donors (Lipinski definition) is 0. The summed E-state index contributed by atoms with van der Waals surface area (Å²) >= 11 is 0. The largest absolute Gasteiger partial charge is 0.493 e. The van der Waals surface area contributed by atoms with Crippen LogP contribution >= 0.6 is 0 Å². The van der Waals surface area contributed by atoms with Crippen LogP contribution in [0.3, 0.4) is 0 Å². The summed E-state index contributed by atoms with van der Waals surface area (Å²) in [4.78, 5) is 25.4. The molecule has 0 saturated carbocycles. The first-order chi connectivity index (χ1) is 14.4. The fraction of sp³-hybridized carbons (Fsp3) is 0.409. The van der Waals surface area contributed by atoms with Crippen molar-refractivity contribution in [3.05, 3.63) is 64.0 Å². The van der Waals surface area contributed by atoms with Gasteiger partial charge >= 0.3 is 5.97 Å². The molecule has 0 spiro atoms. The first kappa shape index (κ1) is 21.5. The Morgan fingerprint density at radius 3 is 2.70 bits per heavy atom. The van der Waals surface area contributed by atoms with E-state index in [0.717, 1.165) is 25.9 Å². The van der Waals surface area contributed by atoms with Crippen LogP contribution in [0.4, 0.5) is 15.8 Å². The second-order valence-electron chi connectivity index (χ2n) is 7.45. The minimum Gasteiger partial charge on any atom is -0.493 e. The zero-order valence-corrected chi connectivity index (χ0v) is 16.9. The van der Waals surface area contributed by atoms with Crippen molar-refractivity contribution in [1.82, 2.24) is 0 Å². The Kier molecular flexibility index (Phi) is 7.21. The van der Waals surface area contributed by atoms with Crippen molar-refractivity contribution in [3.8, 4) is 5.75 Å². The Morgan fingerprint density at radius 2 is 2.00 bits per heavy atom. The lowest BCUT2D eigenvalue weighted by Gasteiger charge is -2.32. The van der Waals surface area contributed by atoms with Crippen LogP contribution in [0.1, 0.15) is 36.5 Å². The van der Waals surface area contributed by atoms with Crippen LogP contribution in [-0.2, 0) is 4.74 Å². The van der Waals surface area contributed by atoms with Crippen LogP contribution in [-0.4, -0.2) is 37.2 Å². The second kappa shape index (κ2) is 10.0. The molecule has 7 nitrogen and oxygen atoms in total. The van der Waals surface area contributed by atoms with Crippen LogP contribution in [0.15, 0.2) is 42.5 Å². The van der Waals surface area contributed by atoms with E-state index in [-0.39, 0.29) is 23.7 Å². The van der Waals surface area contributed by atoms with Crippen molar-refractivity contribution in [2.75, 3.05) is 31.2 Å². The lowest BCUT2D eigenvalue weighted by atomic mass is 9.99. The van der Waals surface area contributed by atoms with Crippen LogP contribution in [0.25, 0.3) is 0 Å². The van der Waals surface area contributed by atoms with Crippen molar-refractivity contribution in [2.24, 2.45) is 5.92 Å². The van der Waals surface area contributed by atoms with Gasteiger partial charge in [0.05, 0.1) is 23.7 Å². The number of piperidine rings is 1. The van der Waals surface area contributed by atoms with Gasteiger partial charge in [0.25, 0.3) is 5.69 Å². The molecule has 1 heterocycles. The van der Waals surface area contributed by atoms with Crippen LogP contribution in [0.2, 0.25) is 0 Å². The van der Waals surface area contributed by atoms with Crippen molar-refractivity contribution in [2.45, 2.75) is 26.2 Å². The molecule has 2 aromatic carbocycles. The number of esters is 1. The molecule has 160 valence electrons. The number of carbonyl (C=O) groups excluding carboxylic acids is 1. The van der Waals surface area contributed by atoms with E-state index < -0.39 is 10.9 Å². The molecule has 0 aliphatic carbocycles. The molecular formula is C22H25FN2O5. The van der Waals surface area contributed by atoms with E-state index in [0.29, 0.717) is 30.4 Å². The second-order valence-corrected chi connectivity index (χ2v) is 7.45. The monoisotopic (exact) mass is 416 g/mol. The van der Waals surface area contributed by atoms with Gasteiger partial charge in [-0.15, -0.1) is 0 Å². The van der Waals surface area contributed by atoms with Gasteiger partial charge in [0.1, 0.15) is 17.3 Å². The molecular weight excluding hydrogens is 391 g/mol. The highest BCUT2D eigenvalue weighted by molar-refractivity contribution is 5.91. The standard InChI is InChI=1S/C22H25FN2O5/c1-16-4-2-11-24(15-16)20-10-5-17(14-21(20)25(27)28)22(26)30-13-3-12-29-19-8-6-18(23)7-9-19/h5-10,14,16H,2-4,11-13,15H2,1H3/t16-/m0/s1. The number of halogens is 1. The van der Waals surface area contributed by atoms with E-state index in [4.69, 9.17) is 9.47 Å². The average Bonchev–Trinajstić information content (AvgIpc) is 2.74. The summed E-state index contributed by atoms with van der Waals surface area (Å²) in [5.41, 5.74) is 0.601. The lowest BCUT2D eigenvalue weighted by Crippen LogP contribution is -2.34. The van der Waals surface area contributed by atoms with E-state index in [1.165, 1.54) is 30.3 Å². The van der Waals surface area contributed by atoms with Gasteiger partial charge in [-0.2, -0.15) is 0 Å². The molecule has 1 aliphatic rings. The first-order valence-electron chi connectivity index (χ1n) is 10.0. The molecule has 0 bridgehead atoms. The molecule has 0 aromatic heterocycles. The highest BCUT2D eigenvalue weighted by atomic mass is 19.1. The molecule has 0 amide bonds. The summed E-state index contributed by atoms with van der Waals surface area (Å²) in [7, 11) is 0. The number of ether oxygens (including phenoxy) is 2. The summed E-state index contributed by atoms with van der Waals surface area (Å²) in [6, 6.07) is 10.1. The van der Waals surface area contributed by atoms with E-state index in [9.17, 15) is 19.3 Å². The lowest BCUT2D eigenvalue weighted by molar-refractivity contribution is -0.384. The maximum atomic E-state index is 12.8. The maximum absolute atomic E-state index is 12.8. The molecule has 1 fully saturated rings. The van der Waals surface area contributed by atoms with Crippen LogP contribution in [0.5, 0.6) is 5.75 Å². The van der Waals surface area contributed by atoms with Gasteiger partial charge in [-0.3, -0.25) is 10.1 Å². The maximum Gasteiger partial charge on any atom is 0.338 e. The van der Waals surface area contributed by atoms with Gasteiger partial charge in [-0.25, -0.2) is 9.18 Å². The van der Waals surface area contributed by atoms with Gasteiger partial charge in [0, 0.05) is 25.6 Å². The predicted octanol–water partition coefficient (Wildman–Crippen LogP) is 4.60. The Hall–Kier alpha value is -3.16. The first-order valence-corrected chi connectivity index (χ1v) is 10.0. The van der Waals surface area contributed by atoms with E-state index >= 15 is 0 Å². The fourth-order valence-corrected chi connectivity index (χ4v) is 3.50. The van der Waals surface area contributed by atoms with Gasteiger partial charge in [-0.1, -0.05) is 6.92 Å². The summed E-state index contributed by atoms with van der Waals surface area (Å²) in [5.74, 6) is 0.0470. The van der Waals surface area contributed by atoms with Crippen LogP contribution < -0.4 is 9.64 Å². The number of carbonyl (C=O) groups is 1. The van der Waals surface area contributed by atoms with Crippen molar-refractivity contribution < 1.29 is 23.6 Å². The summed E-state index contributed by atoms with van der Waals surface area (Å²) < 4.78 is 23.5. The summed E-state index contributed by atoms with van der Waals surface area (Å²) in [6.07, 6.45) is 2.54. The highest BCUT2D eigenvalue weighted by Crippen LogP contribution is 2.32. The average molecular weight is 416 g/mol. The fourth-order valence-electron chi connectivity index (χ4n) is 3.50. The summed E-state index contributed by atoms with van der Waals surface area (Å²) in [6.45, 7) is 4.07. The number of rotatable bonds is 8. The SMILES string of the molecule is C[C@H]1CCCN(c2ccc(C(=O)OCCCOc3ccc(F)cc3)cc2[N+](=O)[O-])C1.